The number of amides is 3. The molecule has 7 heteroatoms. The molecule has 34 heavy (non-hydrogen) atoms. The van der Waals surface area contributed by atoms with E-state index in [1.165, 1.54) is 0 Å². The molecule has 0 aromatic heterocycles. The molecule has 0 radical (unpaired) electrons. The van der Waals surface area contributed by atoms with Crippen LogP contribution in [0.25, 0.3) is 0 Å². The maximum atomic E-state index is 13.8. The number of carbonyl (C=O) groups excluding carboxylic acids is 3. The number of benzene rings is 1. The summed E-state index contributed by atoms with van der Waals surface area (Å²) >= 11 is 0. The Morgan fingerprint density at radius 1 is 1.03 bits per heavy atom. The fourth-order valence-corrected chi connectivity index (χ4v) is 3.78. The van der Waals surface area contributed by atoms with E-state index < -0.39 is 29.3 Å². The molecular weight excluding hydrogens is 430 g/mol. The molecule has 2 N–H and O–H groups in total. The van der Waals surface area contributed by atoms with Gasteiger partial charge in [-0.25, -0.2) is 4.79 Å². The van der Waals surface area contributed by atoms with Crippen LogP contribution in [0.3, 0.4) is 0 Å². The van der Waals surface area contributed by atoms with E-state index in [2.05, 4.69) is 17.6 Å². The second-order valence-corrected chi connectivity index (χ2v) is 10.8. The van der Waals surface area contributed by atoms with Crippen molar-refractivity contribution in [1.82, 2.24) is 15.5 Å². The number of nitrogens with one attached hydrogen (secondary N) is 2. The highest BCUT2D eigenvalue weighted by Crippen LogP contribution is 2.32. The normalized spacial score (nSPS) is 14.5. The van der Waals surface area contributed by atoms with Crippen molar-refractivity contribution in [2.24, 2.45) is 0 Å². The number of alkyl carbamates (subject to hydrolysis) is 1. The van der Waals surface area contributed by atoms with E-state index >= 15 is 0 Å². The molecular formula is C27H45N3O4. The van der Waals surface area contributed by atoms with Crippen LogP contribution in [0.2, 0.25) is 0 Å². The predicted octanol–water partition coefficient (Wildman–Crippen LogP) is 5.27. The standard InChI is InChI=1S/C27H45N3O4/c1-11-14-19(4)28-23(31)22(21-16-13-15-18(3)17-21)30(27(9,10)12-2)24(32)20(5)29-25(33)34-26(6,7)8/h13,15-17,19-20,22H,11-12,14H2,1-10H3,(H,28,31)(H,29,33). The van der Waals surface area contributed by atoms with Crippen molar-refractivity contribution in [3.05, 3.63) is 35.4 Å². The average molecular weight is 476 g/mol. The molecule has 0 fully saturated rings. The van der Waals surface area contributed by atoms with Gasteiger partial charge in [-0.15, -0.1) is 0 Å². The summed E-state index contributed by atoms with van der Waals surface area (Å²) in [6.07, 6.45) is 1.73. The molecule has 1 rings (SSSR count). The topological polar surface area (TPSA) is 87.7 Å². The molecule has 3 amide bonds. The van der Waals surface area contributed by atoms with Crippen LogP contribution in [-0.2, 0) is 14.3 Å². The van der Waals surface area contributed by atoms with Crippen molar-refractivity contribution in [3.8, 4) is 0 Å². The maximum absolute atomic E-state index is 13.8. The van der Waals surface area contributed by atoms with Gasteiger partial charge in [0.1, 0.15) is 17.7 Å². The minimum absolute atomic E-state index is 0.0242. The van der Waals surface area contributed by atoms with E-state index in [1.807, 2.05) is 58.9 Å². The number of aryl methyl sites for hydroxylation is 1. The second kappa shape index (κ2) is 12.2. The first kappa shape index (κ1) is 29.5. The number of nitrogens with zero attached hydrogens (tertiary/aromatic N) is 1. The van der Waals surface area contributed by atoms with Crippen molar-refractivity contribution in [1.29, 1.82) is 0 Å². The van der Waals surface area contributed by atoms with E-state index in [0.717, 1.165) is 24.0 Å². The minimum atomic E-state index is -0.881. The molecule has 0 aliphatic heterocycles. The molecule has 3 unspecified atom stereocenters. The van der Waals surface area contributed by atoms with Crippen LogP contribution in [0.15, 0.2) is 24.3 Å². The first-order valence-corrected chi connectivity index (χ1v) is 12.3. The molecule has 0 aliphatic carbocycles. The van der Waals surface area contributed by atoms with Crippen molar-refractivity contribution in [2.45, 2.75) is 118 Å². The maximum Gasteiger partial charge on any atom is 0.408 e. The molecule has 1 aromatic rings. The van der Waals surface area contributed by atoms with Crippen molar-refractivity contribution in [3.63, 3.8) is 0 Å². The Bertz CT molecular complexity index is 845. The summed E-state index contributed by atoms with van der Waals surface area (Å²) in [6, 6.07) is 5.92. The van der Waals surface area contributed by atoms with Crippen LogP contribution in [0.5, 0.6) is 0 Å². The Morgan fingerprint density at radius 2 is 1.65 bits per heavy atom. The van der Waals surface area contributed by atoms with Crippen LogP contribution in [0.1, 0.15) is 98.7 Å². The van der Waals surface area contributed by atoms with Crippen molar-refractivity contribution >= 4 is 17.9 Å². The smallest absolute Gasteiger partial charge is 0.408 e. The summed E-state index contributed by atoms with van der Waals surface area (Å²) in [4.78, 5) is 41.5. The molecule has 0 heterocycles. The monoisotopic (exact) mass is 475 g/mol. The van der Waals surface area contributed by atoms with Gasteiger partial charge in [0, 0.05) is 11.6 Å². The highest BCUT2D eigenvalue weighted by atomic mass is 16.6. The summed E-state index contributed by atoms with van der Waals surface area (Å²) in [5.41, 5.74) is 0.397. The molecule has 0 saturated carbocycles. The second-order valence-electron chi connectivity index (χ2n) is 10.8. The first-order valence-electron chi connectivity index (χ1n) is 12.3. The molecule has 0 aliphatic rings. The summed E-state index contributed by atoms with van der Waals surface area (Å²) < 4.78 is 5.34. The van der Waals surface area contributed by atoms with Gasteiger partial charge in [-0.1, -0.05) is 50.1 Å². The van der Waals surface area contributed by atoms with Crippen molar-refractivity contribution < 1.29 is 19.1 Å². The average Bonchev–Trinajstić information content (AvgIpc) is 2.69. The number of rotatable bonds is 10. The zero-order chi connectivity index (χ0) is 26.3. The Morgan fingerprint density at radius 3 is 2.15 bits per heavy atom. The fraction of sp³-hybridized carbons (Fsp3) is 0.667. The van der Waals surface area contributed by atoms with E-state index in [-0.39, 0.29) is 17.9 Å². The van der Waals surface area contributed by atoms with Gasteiger partial charge < -0.3 is 20.3 Å². The summed E-state index contributed by atoms with van der Waals surface area (Å²) in [6.45, 7) is 18.8. The lowest BCUT2D eigenvalue weighted by atomic mass is 9.91. The van der Waals surface area contributed by atoms with Gasteiger partial charge >= 0.3 is 6.09 Å². The lowest BCUT2D eigenvalue weighted by Gasteiger charge is -2.44. The molecule has 0 spiro atoms. The fourth-order valence-electron chi connectivity index (χ4n) is 3.78. The van der Waals surface area contributed by atoms with Gasteiger partial charge in [0.05, 0.1) is 0 Å². The highest BCUT2D eigenvalue weighted by Gasteiger charge is 2.42. The Balaban J connectivity index is 3.46. The van der Waals surface area contributed by atoms with Gasteiger partial charge in [-0.2, -0.15) is 0 Å². The van der Waals surface area contributed by atoms with Crippen LogP contribution in [0, 0.1) is 6.92 Å². The molecule has 0 bridgehead atoms. The third-order valence-corrected chi connectivity index (χ3v) is 5.83. The number of carbonyl (C=O) groups is 3. The largest absolute Gasteiger partial charge is 0.444 e. The SMILES string of the molecule is CCCC(C)NC(=O)C(c1cccc(C)c1)N(C(=O)C(C)NC(=O)OC(C)(C)C)C(C)(C)CC. The Kier molecular flexibility index (Phi) is 10.6. The van der Waals surface area contributed by atoms with Crippen LogP contribution >= 0.6 is 0 Å². The van der Waals surface area contributed by atoms with Gasteiger partial charge in [-0.3, -0.25) is 9.59 Å². The zero-order valence-electron chi connectivity index (χ0n) is 22.7. The van der Waals surface area contributed by atoms with Gasteiger partial charge in [0.15, 0.2) is 0 Å². The lowest BCUT2D eigenvalue weighted by molar-refractivity contribution is -0.149. The molecule has 192 valence electrons. The predicted molar refractivity (Wildman–Crippen MR) is 136 cm³/mol. The first-order chi connectivity index (χ1) is 15.6. The quantitative estimate of drug-likeness (QED) is 0.482. The zero-order valence-corrected chi connectivity index (χ0v) is 22.7. The van der Waals surface area contributed by atoms with E-state index in [9.17, 15) is 14.4 Å². The summed E-state index contributed by atoms with van der Waals surface area (Å²) in [7, 11) is 0. The summed E-state index contributed by atoms with van der Waals surface area (Å²) in [5, 5.41) is 5.74. The van der Waals surface area contributed by atoms with E-state index in [4.69, 9.17) is 4.74 Å². The van der Waals surface area contributed by atoms with Crippen LogP contribution in [0.4, 0.5) is 4.79 Å². The van der Waals surface area contributed by atoms with Crippen molar-refractivity contribution in [2.75, 3.05) is 0 Å². The lowest BCUT2D eigenvalue weighted by Crippen LogP contribution is -2.59. The minimum Gasteiger partial charge on any atom is -0.444 e. The van der Waals surface area contributed by atoms with Crippen LogP contribution in [-0.4, -0.2) is 46.0 Å². The van der Waals surface area contributed by atoms with Gasteiger partial charge in [0.25, 0.3) is 0 Å². The van der Waals surface area contributed by atoms with Gasteiger partial charge in [0.2, 0.25) is 11.8 Å². The molecule has 1 aromatic carbocycles. The number of hydrogen-bond donors (Lipinski definition) is 2. The Hall–Kier alpha value is -2.57. The highest BCUT2D eigenvalue weighted by molar-refractivity contribution is 5.92. The van der Waals surface area contributed by atoms with E-state index in [0.29, 0.717) is 6.42 Å². The van der Waals surface area contributed by atoms with Gasteiger partial charge in [-0.05, 0) is 73.8 Å². The number of hydrogen-bond acceptors (Lipinski definition) is 4. The third-order valence-electron chi connectivity index (χ3n) is 5.83. The van der Waals surface area contributed by atoms with E-state index in [1.54, 1.807) is 32.6 Å². The number of ether oxygens (including phenoxy) is 1. The third kappa shape index (κ3) is 8.65. The molecule has 0 saturated heterocycles. The van der Waals surface area contributed by atoms with Crippen LogP contribution < -0.4 is 10.6 Å². The summed E-state index contributed by atoms with van der Waals surface area (Å²) in [5.74, 6) is -0.576. The Labute approximate surface area is 206 Å². The molecule has 3 atom stereocenters. The molecule has 7 nitrogen and oxygen atoms in total.